The van der Waals surface area contributed by atoms with E-state index in [1.165, 1.54) is 17.8 Å². The van der Waals surface area contributed by atoms with Crippen molar-refractivity contribution in [3.63, 3.8) is 0 Å². The third kappa shape index (κ3) is 3.92. The Hall–Kier alpha value is -1.63. The first-order chi connectivity index (χ1) is 9.21. The second kappa shape index (κ2) is 6.51. The van der Waals surface area contributed by atoms with Gasteiger partial charge in [0, 0.05) is 18.2 Å². The third-order valence-corrected chi connectivity index (χ3v) is 3.30. The van der Waals surface area contributed by atoms with E-state index in [4.69, 9.17) is 4.52 Å². The van der Waals surface area contributed by atoms with Crippen molar-refractivity contribution in [2.45, 2.75) is 44.0 Å². The number of aromatic amines is 1. The van der Waals surface area contributed by atoms with Gasteiger partial charge in [0.05, 0.1) is 5.75 Å². The molecule has 0 saturated heterocycles. The molecule has 0 atom stereocenters. The second-order valence-electron chi connectivity index (χ2n) is 4.04. The molecule has 102 valence electrons. The minimum Gasteiger partial charge on any atom is -0.339 e. The molecule has 0 bridgehead atoms. The summed E-state index contributed by atoms with van der Waals surface area (Å²) >= 11 is 1.40. The van der Waals surface area contributed by atoms with Crippen molar-refractivity contribution in [2.75, 3.05) is 0 Å². The second-order valence-corrected chi connectivity index (χ2v) is 5.00. The zero-order valence-corrected chi connectivity index (χ0v) is 11.8. The molecule has 0 aliphatic carbocycles. The topological polar surface area (TPSA) is 84.7 Å². The molecule has 2 rings (SSSR count). The van der Waals surface area contributed by atoms with E-state index in [0.717, 1.165) is 25.0 Å². The van der Waals surface area contributed by atoms with Gasteiger partial charge < -0.3 is 9.51 Å². The Labute approximate surface area is 115 Å². The van der Waals surface area contributed by atoms with E-state index in [1.54, 1.807) is 0 Å². The smallest absolute Gasteiger partial charge is 0.251 e. The number of aromatic nitrogens is 4. The lowest BCUT2D eigenvalue weighted by Gasteiger charge is -2.01. The van der Waals surface area contributed by atoms with Gasteiger partial charge in [-0.25, -0.2) is 4.98 Å². The first-order valence-corrected chi connectivity index (χ1v) is 7.24. The summed E-state index contributed by atoms with van der Waals surface area (Å²) in [5.74, 6) is 1.77. The summed E-state index contributed by atoms with van der Waals surface area (Å²) < 4.78 is 5.02. The number of aryl methyl sites for hydroxylation is 2. The molecule has 2 aromatic heterocycles. The maximum absolute atomic E-state index is 11.5. The molecule has 0 unspecified atom stereocenters. The number of H-pyrrole nitrogens is 1. The Bertz CT molecular complexity index is 593. The molecule has 2 heterocycles. The summed E-state index contributed by atoms with van der Waals surface area (Å²) in [7, 11) is 0. The van der Waals surface area contributed by atoms with Gasteiger partial charge in [0.2, 0.25) is 5.89 Å². The van der Waals surface area contributed by atoms with Crippen LogP contribution in [-0.4, -0.2) is 20.1 Å². The van der Waals surface area contributed by atoms with Gasteiger partial charge in [-0.3, -0.25) is 4.79 Å². The highest BCUT2D eigenvalue weighted by atomic mass is 32.2. The molecule has 6 nitrogen and oxygen atoms in total. The molecule has 19 heavy (non-hydrogen) atoms. The Kier molecular flexibility index (Phi) is 4.73. The summed E-state index contributed by atoms with van der Waals surface area (Å²) in [4.78, 5) is 22.8. The highest BCUT2D eigenvalue weighted by Gasteiger charge is 2.07. The van der Waals surface area contributed by atoms with Gasteiger partial charge in [0.25, 0.3) is 5.56 Å². The van der Waals surface area contributed by atoms with Crippen LogP contribution in [0.2, 0.25) is 0 Å². The first-order valence-electron chi connectivity index (χ1n) is 6.25. The average Bonchev–Trinajstić information content (AvgIpc) is 2.84. The molecule has 0 aromatic carbocycles. The molecule has 0 aliphatic rings. The highest BCUT2D eigenvalue weighted by Crippen LogP contribution is 2.16. The van der Waals surface area contributed by atoms with Gasteiger partial charge in [-0.05, 0) is 6.42 Å². The zero-order chi connectivity index (χ0) is 13.7. The van der Waals surface area contributed by atoms with Gasteiger partial charge >= 0.3 is 0 Å². The standard InChI is InChI=1S/C12H16N4O2S/c1-3-5-8-6-10(17)15-12(13-8)19-7-9-14-11(4-2)18-16-9/h6H,3-5,7H2,1-2H3,(H,13,15,17). The molecule has 0 saturated carbocycles. The van der Waals surface area contributed by atoms with Crippen LogP contribution in [0.5, 0.6) is 0 Å². The quantitative estimate of drug-likeness (QED) is 0.643. The predicted octanol–water partition coefficient (Wildman–Crippen LogP) is 1.96. The van der Waals surface area contributed by atoms with Crippen LogP contribution in [-0.2, 0) is 18.6 Å². The molecule has 0 fully saturated rings. The predicted molar refractivity (Wildman–Crippen MR) is 72.1 cm³/mol. The Morgan fingerprint density at radius 2 is 2.21 bits per heavy atom. The minimum atomic E-state index is -0.122. The number of nitrogens with one attached hydrogen (secondary N) is 1. The molecular formula is C12H16N4O2S. The van der Waals surface area contributed by atoms with Gasteiger partial charge in [-0.2, -0.15) is 4.98 Å². The van der Waals surface area contributed by atoms with Crippen LogP contribution in [0, 0.1) is 0 Å². The van der Waals surface area contributed by atoms with Gasteiger partial charge in [0.1, 0.15) is 0 Å². The molecular weight excluding hydrogens is 264 g/mol. The monoisotopic (exact) mass is 280 g/mol. The van der Waals surface area contributed by atoms with Crippen LogP contribution in [0.3, 0.4) is 0 Å². The number of thioether (sulfide) groups is 1. The fourth-order valence-electron chi connectivity index (χ4n) is 1.56. The van der Waals surface area contributed by atoms with E-state index in [-0.39, 0.29) is 5.56 Å². The zero-order valence-electron chi connectivity index (χ0n) is 11.0. The SMILES string of the molecule is CCCc1cc(=O)[nH]c(SCc2noc(CC)n2)n1. The number of nitrogens with zero attached hydrogens (tertiary/aromatic N) is 3. The van der Waals surface area contributed by atoms with E-state index in [0.29, 0.717) is 22.6 Å². The van der Waals surface area contributed by atoms with Crippen molar-refractivity contribution in [1.82, 2.24) is 20.1 Å². The van der Waals surface area contributed by atoms with E-state index in [1.807, 2.05) is 6.92 Å². The van der Waals surface area contributed by atoms with Crippen molar-refractivity contribution in [1.29, 1.82) is 0 Å². The summed E-state index contributed by atoms with van der Waals surface area (Å²) in [6.07, 6.45) is 2.49. The van der Waals surface area contributed by atoms with E-state index in [2.05, 4.69) is 27.0 Å². The summed E-state index contributed by atoms with van der Waals surface area (Å²) in [6, 6.07) is 1.54. The summed E-state index contributed by atoms with van der Waals surface area (Å²) in [5, 5.41) is 4.45. The van der Waals surface area contributed by atoms with Crippen LogP contribution in [0.15, 0.2) is 20.5 Å². The fraction of sp³-hybridized carbons (Fsp3) is 0.500. The summed E-state index contributed by atoms with van der Waals surface area (Å²) in [6.45, 7) is 4.01. The Balaban J connectivity index is 2.04. The van der Waals surface area contributed by atoms with Gasteiger partial charge in [-0.15, -0.1) is 0 Å². The van der Waals surface area contributed by atoms with Crippen LogP contribution < -0.4 is 5.56 Å². The number of rotatable bonds is 6. The van der Waals surface area contributed by atoms with E-state index < -0.39 is 0 Å². The summed E-state index contributed by atoms with van der Waals surface area (Å²) in [5.41, 5.74) is 0.694. The molecule has 0 aliphatic heterocycles. The maximum atomic E-state index is 11.5. The van der Waals surface area contributed by atoms with Crippen LogP contribution in [0.1, 0.15) is 37.7 Å². The Morgan fingerprint density at radius 3 is 2.89 bits per heavy atom. The van der Waals surface area contributed by atoms with Crippen molar-refractivity contribution in [2.24, 2.45) is 0 Å². The van der Waals surface area contributed by atoms with Crippen molar-refractivity contribution < 1.29 is 4.52 Å². The third-order valence-electron chi connectivity index (χ3n) is 2.43. The molecule has 0 radical (unpaired) electrons. The fourth-order valence-corrected chi connectivity index (χ4v) is 2.30. The molecule has 2 aromatic rings. The van der Waals surface area contributed by atoms with Gasteiger partial charge in [0.15, 0.2) is 11.0 Å². The lowest BCUT2D eigenvalue weighted by atomic mass is 10.2. The van der Waals surface area contributed by atoms with Gasteiger partial charge in [-0.1, -0.05) is 37.2 Å². The highest BCUT2D eigenvalue weighted by molar-refractivity contribution is 7.98. The lowest BCUT2D eigenvalue weighted by Crippen LogP contribution is -2.10. The van der Waals surface area contributed by atoms with Crippen LogP contribution in [0.4, 0.5) is 0 Å². The molecule has 1 N–H and O–H groups in total. The largest absolute Gasteiger partial charge is 0.339 e. The Morgan fingerprint density at radius 1 is 1.37 bits per heavy atom. The van der Waals surface area contributed by atoms with Crippen LogP contribution >= 0.6 is 11.8 Å². The average molecular weight is 280 g/mol. The number of hydrogen-bond donors (Lipinski definition) is 1. The van der Waals surface area contributed by atoms with E-state index >= 15 is 0 Å². The van der Waals surface area contributed by atoms with E-state index in [9.17, 15) is 4.79 Å². The maximum Gasteiger partial charge on any atom is 0.251 e. The molecule has 0 spiro atoms. The molecule has 7 heteroatoms. The van der Waals surface area contributed by atoms with Crippen LogP contribution in [0.25, 0.3) is 0 Å². The normalized spacial score (nSPS) is 10.8. The minimum absolute atomic E-state index is 0.122. The van der Waals surface area contributed by atoms with Crippen molar-refractivity contribution in [3.05, 3.63) is 33.8 Å². The van der Waals surface area contributed by atoms with Crippen molar-refractivity contribution in [3.8, 4) is 0 Å². The first kappa shape index (κ1) is 13.8. The van der Waals surface area contributed by atoms with Crippen molar-refractivity contribution >= 4 is 11.8 Å². The number of hydrogen-bond acceptors (Lipinski definition) is 6. The molecule has 0 amide bonds. The lowest BCUT2D eigenvalue weighted by molar-refractivity contribution is 0.378.